The summed E-state index contributed by atoms with van der Waals surface area (Å²) in [6.45, 7) is 10.1. The zero-order valence-corrected chi connectivity index (χ0v) is 31.9. The van der Waals surface area contributed by atoms with Crippen molar-refractivity contribution in [2.45, 2.75) is 72.1 Å². The Morgan fingerprint density at radius 3 is 2.70 bits per heavy atom. The molecule has 1 amide bonds. The first kappa shape index (κ1) is 37.6. The molecule has 1 aliphatic heterocycles. The fraction of sp³-hybridized carbons (Fsp3) is 0.368. The van der Waals surface area contributed by atoms with Gasteiger partial charge in [0.1, 0.15) is 29.5 Å². The second kappa shape index (κ2) is 15.5. The molecule has 15 heteroatoms. The molecule has 6 rings (SSSR count). The fourth-order valence-electron chi connectivity index (χ4n) is 6.51. The molecule has 1 unspecified atom stereocenters. The molecule has 276 valence electrons. The normalized spacial score (nSPS) is 16.0. The summed E-state index contributed by atoms with van der Waals surface area (Å²) in [5.74, 6) is 2.57. The van der Waals surface area contributed by atoms with Crippen LogP contribution in [0, 0.1) is 6.92 Å². The molecule has 4 aromatic rings. The minimum absolute atomic E-state index is 0.0946. The number of aromatic nitrogens is 3. The molecule has 2 N–H and O–H groups in total. The van der Waals surface area contributed by atoms with Crippen LogP contribution in [0.2, 0.25) is 5.02 Å². The molecule has 1 atom stereocenters. The maximum Gasteiger partial charge on any atom is 0.414 e. The van der Waals surface area contributed by atoms with E-state index in [1.165, 1.54) is 11.3 Å². The van der Waals surface area contributed by atoms with Gasteiger partial charge in [-0.3, -0.25) is 15.2 Å². The van der Waals surface area contributed by atoms with Crippen molar-refractivity contribution in [3.63, 3.8) is 0 Å². The van der Waals surface area contributed by atoms with Gasteiger partial charge in [-0.25, -0.2) is 29.3 Å². The third kappa shape index (κ3) is 8.58. The standard InChI is InChI=1S/C38H40ClN7O6S/c1-21-15-27(34-33(41-21)29(20-53-34)35(48)49)26-16-23(39)7-10-32(26)51-14-13-46-22(2)42-30-9-8-25(17-28(30)31(46)19-47)45(6)18-24-11-12-40-36(43-24)44-37(50)52-38(3,4)5/h7,10-12,15-16,20,25H,8-9,13-14,17-18H2,1-6H3,(H,48,49)(H,40,43,44,50). The maximum absolute atomic E-state index is 12.6. The molecule has 1 aromatic carbocycles. The van der Waals surface area contributed by atoms with Gasteiger partial charge >= 0.3 is 12.1 Å². The van der Waals surface area contributed by atoms with E-state index < -0.39 is 17.7 Å². The van der Waals surface area contributed by atoms with Gasteiger partial charge in [0, 0.05) is 57.3 Å². The third-order valence-corrected chi connectivity index (χ3v) is 10.1. The van der Waals surface area contributed by atoms with Crippen molar-refractivity contribution in [1.82, 2.24) is 24.8 Å². The summed E-state index contributed by atoms with van der Waals surface area (Å²) in [6, 6.07) is 9.11. The number of rotatable bonds is 10. The van der Waals surface area contributed by atoms with Crippen molar-refractivity contribution in [2.75, 3.05) is 25.5 Å². The molecule has 0 spiro atoms. The van der Waals surface area contributed by atoms with Gasteiger partial charge in [0.15, 0.2) is 5.94 Å². The summed E-state index contributed by atoms with van der Waals surface area (Å²) in [5, 5.41) is 14.4. The number of allylic oxidation sites excluding steroid dienone is 2. The Bertz CT molecular complexity index is 2200. The van der Waals surface area contributed by atoms with Crippen LogP contribution in [0.5, 0.6) is 5.75 Å². The van der Waals surface area contributed by atoms with Gasteiger partial charge in [0.25, 0.3) is 0 Å². The lowest BCUT2D eigenvalue weighted by molar-refractivity contribution is 0.0632. The molecule has 0 bridgehead atoms. The minimum atomic E-state index is -1.04. The number of aliphatic imine (C=N–C) groups is 1. The zero-order valence-electron chi connectivity index (χ0n) is 30.3. The van der Waals surface area contributed by atoms with E-state index in [2.05, 4.69) is 31.1 Å². The van der Waals surface area contributed by atoms with Crippen LogP contribution in [0.1, 0.15) is 68.7 Å². The van der Waals surface area contributed by atoms with Crippen LogP contribution in [0.3, 0.4) is 0 Å². The number of aromatic carboxylic acids is 1. The third-order valence-electron chi connectivity index (χ3n) is 8.89. The number of carbonyl (C=O) groups is 2. The molecule has 0 saturated heterocycles. The summed E-state index contributed by atoms with van der Waals surface area (Å²) in [7, 11) is 2.01. The Kier molecular flexibility index (Phi) is 11.0. The lowest BCUT2D eigenvalue weighted by atomic mass is 9.88. The smallest absolute Gasteiger partial charge is 0.414 e. The van der Waals surface area contributed by atoms with E-state index in [0.29, 0.717) is 65.0 Å². The Hall–Kier alpha value is -5.14. The number of hydrogen-bond acceptors (Lipinski definition) is 12. The zero-order chi connectivity index (χ0) is 38.0. The predicted molar refractivity (Wildman–Crippen MR) is 204 cm³/mol. The van der Waals surface area contributed by atoms with E-state index in [9.17, 15) is 19.5 Å². The minimum Gasteiger partial charge on any atom is -0.491 e. The molecule has 3 aromatic heterocycles. The predicted octanol–water partition coefficient (Wildman–Crippen LogP) is 7.53. The van der Waals surface area contributed by atoms with Gasteiger partial charge in [-0.15, -0.1) is 11.3 Å². The van der Waals surface area contributed by atoms with E-state index in [0.717, 1.165) is 33.6 Å². The van der Waals surface area contributed by atoms with Gasteiger partial charge in [0.2, 0.25) is 5.95 Å². The molecule has 1 aliphatic carbocycles. The monoisotopic (exact) mass is 757 g/mol. The largest absolute Gasteiger partial charge is 0.491 e. The number of nitrogens with zero attached hydrogens (tertiary/aromatic N) is 6. The van der Waals surface area contributed by atoms with E-state index in [1.54, 1.807) is 56.6 Å². The average Bonchev–Trinajstić information content (AvgIpc) is 3.52. The maximum atomic E-state index is 12.6. The Morgan fingerprint density at radius 1 is 1.17 bits per heavy atom. The van der Waals surface area contributed by atoms with E-state index >= 15 is 0 Å². The first-order valence-corrected chi connectivity index (χ1v) is 18.3. The van der Waals surface area contributed by atoms with Gasteiger partial charge in [-0.2, -0.15) is 0 Å². The highest BCUT2D eigenvalue weighted by molar-refractivity contribution is 7.18. The summed E-state index contributed by atoms with van der Waals surface area (Å²) < 4.78 is 12.4. The average molecular weight is 758 g/mol. The van der Waals surface area contributed by atoms with Gasteiger partial charge in [0.05, 0.1) is 28.0 Å². The molecule has 53 heavy (non-hydrogen) atoms. The van der Waals surface area contributed by atoms with Crippen LogP contribution in [-0.2, 0) is 16.1 Å². The second-order valence-corrected chi connectivity index (χ2v) is 15.2. The van der Waals surface area contributed by atoms with Gasteiger partial charge in [-0.1, -0.05) is 11.6 Å². The number of carboxylic acid groups (broad SMARTS) is 1. The number of aryl methyl sites for hydroxylation is 1. The van der Waals surface area contributed by atoms with Crippen molar-refractivity contribution < 1.29 is 29.0 Å². The van der Waals surface area contributed by atoms with E-state index in [-0.39, 0.29) is 24.2 Å². The summed E-state index contributed by atoms with van der Waals surface area (Å²) in [6.07, 6.45) is 3.11. The number of carboxylic acids is 1. The molecule has 0 saturated carbocycles. The fourth-order valence-corrected chi connectivity index (χ4v) is 7.69. The lowest BCUT2D eigenvalue weighted by Gasteiger charge is -2.38. The number of carbonyl (C=O) groups excluding carboxylic acids is 2. The van der Waals surface area contributed by atoms with Crippen molar-refractivity contribution in [3.8, 4) is 16.9 Å². The Morgan fingerprint density at radius 2 is 1.96 bits per heavy atom. The number of hydrogen-bond donors (Lipinski definition) is 2. The van der Waals surface area contributed by atoms with Crippen LogP contribution in [0.4, 0.5) is 10.7 Å². The molecule has 0 radical (unpaired) electrons. The molecule has 2 aliphatic rings. The lowest BCUT2D eigenvalue weighted by Crippen LogP contribution is -2.40. The summed E-state index contributed by atoms with van der Waals surface area (Å²) in [5.41, 5.74) is 4.98. The van der Waals surface area contributed by atoms with E-state index in [1.807, 2.05) is 31.9 Å². The highest BCUT2D eigenvalue weighted by atomic mass is 35.5. The van der Waals surface area contributed by atoms with Crippen LogP contribution < -0.4 is 10.1 Å². The quantitative estimate of drug-likeness (QED) is 0.154. The van der Waals surface area contributed by atoms with Gasteiger partial charge in [-0.05, 0) is 91.3 Å². The number of nitrogens with one attached hydrogen (secondary N) is 1. The summed E-state index contributed by atoms with van der Waals surface area (Å²) in [4.78, 5) is 58.8. The second-order valence-electron chi connectivity index (χ2n) is 13.9. The van der Waals surface area contributed by atoms with Crippen LogP contribution >= 0.6 is 22.9 Å². The molecule has 0 fully saturated rings. The number of pyridine rings is 1. The van der Waals surface area contributed by atoms with Crippen LogP contribution in [0.25, 0.3) is 21.3 Å². The van der Waals surface area contributed by atoms with Crippen molar-refractivity contribution >= 4 is 62.9 Å². The Balaban J connectivity index is 1.14. The number of fused-ring (bicyclic) bond motifs is 1. The number of amidine groups is 1. The molecule has 13 nitrogen and oxygen atoms in total. The molecular formula is C38H40ClN7O6S. The van der Waals surface area contributed by atoms with Crippen LogP contribution in [0.15, 0.2) is 63.9 Å². The van der Waals surface area contributed by atoms with Crippen molar-refractivity contribution in [3.05, 3.63) is 80.8 Å². The number of benzene rings is 1. The first-order chi connectivity index (χ1) is 25.2. The number of anilines is 1. The number of halogens is 1. The summed E-state index contributed by atoms with van der Waals surface area (Å²) >= 11 is 7.75. The number of ether oxygens (including phenoxy) is 2. The number of amides is 1. The Labute approximate surface area is 316 Å². The van der Waals surface area contributed by atoms with Crippen LogP contribution in [-0.4, -0.2) is 85.5 Å². The number of thiophene rings is 1. The topological polar surface area (TPSA) is 159 Å². The molecular weight excluding hydrogens is 718 g/mol. The van der Waals surface area contributed by atoms with Crippen molar-refractivity contribution in [2.24, 2.45) is 4.99 Å². The van der Waals surface area contributed by atoms with Crippen molar-refractivity contribution in [1.29, 1.82) is 0 Å². The SMILES string of the molecule is CC1=NC2=C(CC(N(C)Cc3ccnc(NC(=O)OC(C)(C)C)n3)CC2)C(=C=O)N1CCOc1ccc(Cl)cc1-c1cc(C)nc2c(C(=O)O)csc12. The highest BCUT2D eigenvalue weighted by Crippen LogP contribution is 2.41. The van der Waals surface area contributed by atoms with E-state index in [4.69, 9.17) is 26.1 Å². The highest BCUT2D eigenvalue weighted by Gasteiger charge is 2.33. The molecule has 4 heterocycles. The first-order valence-electron chi connectivity index (χ1n) is 17.1. The van der Waals surface area contributed by atoms with Gasteiger partial charge < -0.3 is 19.5 Å².